The summed E-state index contributed by atoms with van der Waals surface area (Å²) in [6.07, 6.45) is 0. The molecule has 0 radical (unpaired) electrons. The molecule has 0 saturated carbocycles. The van der Waals surface area contributed by atoms with E-state index in [9.17, 15) is 0 Å². The van der Waals surface area contributed by atoms with Gasteiger partial charge in [0, 0.05) is 11.6 Å². The molecule has 0 fully saturated rings. The number of nitrogens with zero attached hydrogens (tertiary/aromatic N) is 2. The third kappa shape index (κ3) is 2.88. The summed E-state index contributed by atoms with van der Waals surface area (Å²) in [4.78, 5) is 0. The Morgan fingerprint density at radius 1 is 1.22 bits per heavy atom. The van der Waals surface area contributed by atoms with E-state index in [-0.39, 0.29) is 5.92 Å². The van der Waals surface area contributed by atoms with Crippen molar-refractivity contribution in [3.63, 3.8) is 0 Å². The van der Waals surface area contributed by atoms with Crippen molar-refractivity contribution in [3.8, 4) is 0 Å². The monoisotopic (exact) mass is 245 g/mol. The number of benzene rings is 1. The van der Waals surface area contributed by atoms with E-state index < -0.39 is 0 Å². The van der Waals surface area contributed by atoms with Crippen LogP contribution in [0.4, 0.5) is 5.69 Å². The third-order valence-electron chi connectivity index (χ3n) is 2.79. The minimum Gasteiger partial charge on any atom is -0.423 e. The van der Waals surface area contributed by atoms with Crippen molar-refractivity contribution < 1.29 is 4.42 Å². The predicted molar refractivity (Wildman–Crippen MR) is 71.6 cm³/mol. The van der Waals surface area contributed by atoms with Gasteiger partial charge in [-0.1, -0.05) is 31.5 Å². The normalized spacial score (nSPS) is 10.9. The summed E-state index contributed by atoms with van der Waals surface area (Å²) in [7, 11) is 0. The van der Waals surface area contributed by atoms with Crippen LogP contribution in [0.1, 0.15) is 42.7 Å². The van der Waals surface area contributed by atoms with Crippen LogP contribution in [0.5, 0.6) is 0 Å². The van der Waals surface area contributed by atoms with Gasteiger partial charge in [-0.15, -0.1) is 10.2 Å². The lowest BCUT2D eigenvalue weighted by molar-refractivity contribution is 0.437. The molecule has 1 N–H and O–H groups in total. The number of anilines is 1. The molecule has 0 atom stereocenters. The molecule has 4 heteroatoms. The van der Waals surface area contributed by atoms with Crippen LogP contribution in [0.25, 0.3) is 0 Å². The minimum absolute atomic E-state index is 0.271. The maximum absolute atomic E-state index is 5.55. The fraction of sp³-hybridized carbons (Fsp3) is 0.429. The zero-order valence-electron chi connectivity index (χ0n) is 11.3. The van der Waals surface area contributed by atoms with Gasteiger partial charge in [0.1, 0.15) is 0 Å². The van der Waals surface area contributed by atoms with Gasteiger partial charge in [-0.3, -0.25) is 0 Å². The molecule has 0 bridgehead atoms. The van der Waals surface area contributed by atoms with Gasteiger partial charge in [0.2, 0.25) is 11.8 Å². The molecule has 1 aromatic heterocycles. The Kier molecular flexibility index (Phi) is 3.65. The maximum Gasteiger partial charge on any atom is 0.235 e. The van der Waals surface area contributed by atoms with Gasteiger partial charge >= 0.3 is 0 Å². The zero-order chi connectivity index (χ0) is 13.1. The average molecular weight is 245 g/mol. The van der Waals surface area contributed by atoms with E-state index in [1.54, 1.807) is 0 Å². The zero-order valence-corrected chi connectivity index (χ0v) is 11.3. The molecule has 0 spiro atoms. The molecule has 0 unspecified atom stereocenters. The van der Waals surface area contributed by atoms with Crippen LogP contribution in [0.2, 0.25) is 0 Å². The van der Waals surface area contributed by atoms with Crippen molar-refractivity contribution in [2.75, 3.05) is 5.32 Å². The molecule has 18 heavy (non-hydrogen) atoms. The Balaban J connectivity index is 2.02. The molecule has 0 amide bonds. The standard InChI is InChI=1S/C14H19N3O/c1-9(2)14-17-16-13(18-14)8-15-12-6-5-10(3)7-11(12)4/h5-7,9,15H,8H2,1-4H3. The Bertz CT molecular complexity index is 532. The first-order valence-electron chi connectivity index (χ1n) is 6.19. The SMILES string of the molecule is Cc1ccc(NCc2nnc(C(C)C)o2)c(C)c1. The minimum atomic E-state index is 0.271. The largest absolute Gasteiger partial charge is 0.423 e. The predicted octanol–water partition coefficient (Wildman–Crippen LogP) is 3.42. The Morgan fingerprint density at radius 3 is 2.61 bits per heavy atom. The van der Waals surface area contributed by atoms with Gasteiger partial charge in [-0.2, -0.15) is 0 Å². The molecule has 2 rings (SSSR count). The second kappa shape index (κ2) is 5.21. The molecule has 1 aromatic carbocycles. The van der Waals surface area contributed by atoms with Crippen LogP contribution in [0.3, 0.4) is 0 Å². The van der Waals surface area contributed by atoms with E-state index in [2.05, 4.69) is 47.6 Å². The van der Waals surface area contributed by atoms with Crippen LogP contribution < -0.4 is 5.32 Å². The molecule has 4 nitrogen and oxygen atoms in total. The van der Waals surface area contributed by atoms with Crippen molar-refractivity contribution in [2.24, 2.45) is 0 Å². The smallest absolute Gasteiger partial charge is 0.235 e. The van der Waals surface area contributed by atoms with Crippen molar-refractivity contribution in [1.82, 2.24) is 10.2 Å². The highest BCUT2D eigenvalue weighted by Gasteiger charge is 2.09. The lowest BCUT2D eigenvalue weighted by Gasteiger charge is -2.08. The highest BCUT2D eigenvalue weighted by atomic mass is 16.4. The Hall–Kier alpha value is -1.84. The molecule has 1 heterocycles. The van der Waals surface area contributed by atoms with Gasteiger partial charge < -0.3 is 9.73 Å². The highest BCUT2D eigenvalue weighted by Crippen LogP contribution is 2.17. The van der Waals surface area contributed by atoms with E-state index in [1.165, 1.54) is 11.1 Å². The average Bonchev–Trinajstić information content (AvgIpc) is 2.76. The Labute approximate surface area is 107 Å². The summed E-state index contributed by atoms with van der Waals surface area (Å²) in [5.41, 5.74) is 3.58. The van der Waals surface area contributed by atoms with Crippen LogP contribution in [-0.4, -0.2) is 10.2 Å². The number of aryl methyl sites for hydroxylation is 2. The lowest BCUT2D eigenvalue weighted by atomic mass is 10.1. The van der Waals surface area contributed by atoms with Crippen LogP contribution in [0.15, 0.2) is 22.6 Å². The molecule has 96 valence electrons. The van der Waals surface area contributed by atoms with Crippen molar-refractivity contribution in [3.05, 3.63) is 41.1 Å². The van der Waals surface area contributed by atoms with Crippen LogP contribution in [0, 0.1) is 13.8 Å². The number of rotatable bonds is 4. The van der Waals surface area contributed by atoms with Crippen molar-refractivity contribution in [1.29, 1.82) is 0 Å². The molecule has 0 aliphatic heterocycles. The molecule has 0 aliphatic carbocycles. The fourth-order valence-electron chi connectivity index (χ4n) is 1.75. The molecular formula is C14H19N3O. The molecule has 0 aliphatic rings. The van der Waals surface area contributed by atoms with Crippen LogP contribution in [-0.2, 0) is 6.54 Å². The molecule has 0 saturated heterocycles. The van der Waals surface area contributed by atoms with Gasteiger partial charge in [0.15, 0.2) is 0 Å². The first-order chi connectivity index (χ1) is 8.56. The van der Waals surface area contributed by atoms with Crippen molar-refractivity contribution in [2.45, 2.75) is 40.2 Å². The van der Waals surface area contributed by atoms with Gasteiger partial charge in [0.05, 0.1) is 6.54 Å². The summed E-state index contributed by atoms with van der Waals surface area (Å²) in [5.74, 6) is 1.58. The third-order valence-corrected chi connectivity index (χ3v) is 2.79. The summed E-state index contributed by atoms with van der Waals surface area (Å²) in [5, 5.41) is 11.3. The molecule has 2 aromatic rings. The van der Waals surface area contributed by atoms with E-state index in [4.69, 9.17) is 4.42 Å². The first kappa shape index (κ1) is 12.6. The first-order valence-corrected chi connectivity index (χ1v) is 6.19. The lowest BCUT2D eigenvalue weighted by Crippen LogP contribution is -2.01. The Morgan fingerprint density at radius 2 is 2.00 bits per heavy atom. The fourth-order valence-corrected chi connectivity index (χ4v) is 1.75. The van der Waals surface area contributed by atoms with Gasteiger partial charge in [-0.05, 0) is 25.5 Å². The van der Waals surface area contributed by atoms with Crippen LogP contribution >= 0.6 is 0 Å². The molecular weight excluding hydrogens is 226 g/mol. The van der Waals surface area contributed by atoms with Crippen molar-refractivity contribution >= 4 is 5.69 Å². The van der Waals surface area contributed by atoms with Gasteiger partial charge in [0.25, 0.3) is 0 Å². The quantitative estimate of drug-likeness (QED) is 0.896. The highest BCUT2D eigenvalue weighted by molar-refractivity contribution is 5.51. The van der Waals surface area contributed by atoms with Gasteiger partial charge in [-0.25, -0.2) is 0 Å². The number of hydrogen-bond acceptors (Lipinski definition) is 4. The van der Waals surface area contributed by atoms with E-state index in [1.807, 2.05) is 13.8 Å². The van der Waals surface area contributed by atoms with E-state index >= 15 is 0 Å². The summed E-state index contributed by atoms with van der Waals surface area (Å²) >= 11 is 0. The summed E-state index contributed by atoms with van der Waals surface area (Å²) in [6.45, 7) is 8.81. The number of aromatic nitrogens is 2. The summed E-state index contributed by atoms with van der Waals surface area (Å²) < 4.78 is 5.55. The number of nitrogens with one attached hydrogen (secondary N) is 1. The topological polar surface area (TPSA) is 51.0 Å². The second-order valence-corrected chi connectivity index (χ2v) is 4.86. The maximum atomic E-state index is 5.55. The number of hydrogen-bond donors (Lipinski definition) is 1. The van der Waals surface area contributed by atoms with E-state index in [0.717, 1.165) is 5.69 Å². The summed E-state index contributed by atoms with van der Waals surface area (Å²) in [6, 6.07) is 6.31. The second-order valence-electron chi connectivity index (χ2n) is 4.86. The van der Waals surface area contributed by atoms with E-state index in [0.29, 0.717) is 18.3 Å².